The minimum atomic E-state index is 0.700. The summed E-state index contributed by atoms with van der Waals surface area (Å²) < 4.78 is 1.17. The minimum Gasteiger partial charge on any atom is -0.382 e. The van der Waals surface area contributed by atoms with E-state index in [4.69, 9.17) is 0 Å². The van der Waals surface area contributed by atoms with Crippen molar-refractivity contribution in [3.63, 3.8) is 0 Å². The molecule has 1 saturated heterocycles. The highest BCUT2D eigenvalue weighted by atomic mass is 79.9. The van der Waals surface area contributed by atoms with E-state index in [1.54, 1.807) is 0 Å². The third-order valence-corrected chi connectivity index (χ3v) is 4.18. The molecule has 2 heterocycles. The topological polar surface area (TPSA) is 27.3 Å². The molecule has 2 N–H and O–H groups in total. The number of halogens is 1. The average molecular weight is 296 g/mol. The maximum absolute atomic E-state index is 3.58. The SMILES string of the molecule is Brc1ccc2c(c1)N(C1CCNCC1)CCN2. The molecule has 0 spiro atoms. The second kappa shape index (κ2) is 4.86. The second-order valence-corrected chi connectivity index (χ2v) is 5.68. The Hall–Kier alpha value is -0.740. The summed E-state index contributed by atoms with van der Waals surface area (Å²) in [6, 6.07) is 7.22. The van der Waals surface area contributed by atoms with Crippen molar-refractivity contribution in [2.75, 3.05) is 36.4 Å². The van der Waals surface area contributed by atoms with E-state index in [2.05, 4.69) is 49.7 Å². The molecule has 2 aliphatic rings. The van der Waals surface area contributed by atoms with E-state index >= 15 is 0 Å². The molecule has 4 heteroatoms. The molecule has 0 aliphatic carbocycles. The quantitative estimate of drug-likeness (QED) is 0.833. The van der Waals surface area contributed by atoms with Crippen LogP contribution in [0.4, 0.5) is 11.4 Å². The summed E-state index contributed by atoms with van der Waals surface area (Å²) in [5.74, 6) is 0. The number of benzene rings is 1. The van der Waals surface area contributed by atoms with Gasteiger partial charge >= 0.3 is 0 Å². The molecule has 3 nitrogen and oxygen atoms in total. The predicted molar refractivity (Wildman–Crippen MR) is 75.9 cm³/mol. The maximum atomic E-state index is 3.58. The lowest BCUT2D eigenvalue weighted by atomic mass is 10.0. The Bertz CT molecular complexity index is 402. The molecular weight excluding hydrogens is 278 g/mol. The van der Waals surface area contributed by atoms with Crippen molar-refractivity contribution in [2.45, 2.75) is 18.9 Å². The zero-order valence-electron chi connectivity index (χ0n) is 9.88. The van der Waals surface area contributed by atoms with E-state index in [0.717, 1.165) is 26.2 Å². The first-order chi connectivity index (χ1) is 8.34. The fourth-order valence-corrected chi connectivity index (χ4v) is 3.17. The molecular formula is C13H18BrN3. The van der Waals surface area contributed by atoms with Gasteiger partial charge in [-0.15, -0.1) is 0 Å². The summed E-state index contributed by atoms with van der Waals surface area (Å²) in [7, 11) is 0. The van der Waals surface area contributed by atoms with Gasteiger partial charge in [0.25, 0.3) is 0 Å². The molecule has 0 aromatic heterocycles. The second-order valence-electron chi connectivity index (χ2n) is 4.76. The Kier molecular flexibility index (Phi) is 3.25. The van der Waals surface area contributed by atoms with Crippen LogP contribution in [0, 0.1) is 0 Å². The number of rotatable bonds is 1. The van der Waals surface area contributed by atoms with Gasteiger partial charge < -0.3 is 15.5 Å². The van der Waals surface area contributed by atoms with Gasteiger partial charge in [0.05, 0.1) is 11.4 Å². The first-order valence-corrected chi connectivity index (χ1v) is 7.15. The summed E-state index contributed by atoms with van der Waals surface area (Å²) in [6.45, 7) is 4.47. The number of hydrogen-bond acceptors (Lipinski definition) is 3. The third kappa shape index (κ3) is 2.29. The van der Waals surface area contributed by atoms with Crippen LogP contribution >= 0.6 is 15.9 Å². The number of anilines is 2. The lowest BCUT2D eigenvalue weighted by molar-refractivity contribution is 0.430. The fraction of sp³-hybridized carbons (Fsp3) is 0.538. The van der Waals surface area contributed by atoms with Gasteiger partial charge in [-0.05, 0) is 44.1 Å². The molecule has 0 bridgehead atoms. The number of nitrogens with one attached hydrogen (secondary N) is 2. The van der Waals surface area contributed by atoms with Gasteiger partial charge in [-0.3, -0.25) is 0 Å². The van der Waals surface area contributed by atoms with E-state index in [0.29, 0.717) is 6.04 Å². The van der Waals surface area contributed by atoms with Crippen LogP contribution in [0.15, 0.2) is 22.7 Å². The van der Waals surface area contributed by atoms with E-state index in [1.165, 1.54) is 28.7 Å². The van der Waals surface area contributed by atoms with Crippen molar-refractivity contribution >= 4 is 27.3 Å². The zero-order chi connectivity index (χ0) is 11.7. The van der Waals surface area contributed by atoms with Gasteiger partial charge in [0, 0.05) is 23.6 Å². The molecule has 0 amide bonds. The Morgan fingerprint density at radius 1 is 1.18 bits per heavy atom. The fourth-order valence-electron chi connectivity index (χ4n) is 2.82. The minimum absolute atomic E-state index is 0.700. The average Bonchev–Trinajstić information content (AvgIpc) is 2.39. The van der Waals surface area contributed by atoms with Gasteiger partial charge in [0.15, 0.2) is 0 Å². The molecule has 0 atom stereocenters. The number of fused-ring (bicyclic) bond motifs is 1. The molecule has 1 aromatic rings. The lowest BCUT2D eigenvalue weighted by Gasteiger charge is -2.40. The molecule has 1 aromatic carbocycles. The van der Waals surface area contributed by atoms with Gasteiger partial charge in [-0.1, -0.05) is 15.9 Å². The smallest absolute Gasteiger partial charge is 0.0616 e. The van der Waals surface area contributed by atoms with E-state index in [-0.39, 0.29) is 0 Å². The van der Waals surface area contributed by atoms with Crippen molar-refractivity contribution in [1.29, 1.82) is 0 Å². The van der Waals surface area contributed by atoms with Crippen molar-refractivity contribution < 1.29 is 0 Å². The first kappa shape index (κ1) is 11.4. The zero-order valence-corrected chi connectivity index (χ0v) is 11.5. The first-order valence-electron chi connectivity index (χ1n) is 6.35. The van der Waals surface area contributed by atoms with Crippen LogP contribution in [0.5, 0.6) is 0 Å². The highest BCUT2D eigenvalue weighted by Crippen LogP contribution is 2.34. The number of piperidine rings is 1. The van der Waals surface area contributed by atoms with Crippen LogP contribution in [0.3, 0.4) is 0 Å². The van der Waals surface area contributed by atoms with Crippen molar-refractivity contribution in [3.8, 4) is 0 Å². The Morgan fingerprint density at radius 3 is 2.82 bits per heavy atom. The molecule has 17 heavy (non-hydrogen) atoms. The summed E-state index contributed by atoms with van der Waals surface area (Å²) in [6.07, 6.45) is 2.51. The standard InChI is InChI=1S/C13H18BrN3/c14-10-1-2-12-13(9-10)17(8-7-16-12)11-3-5-15-6-4-11/h1-2,9,11,15-16H,3-8H2. The van der Waals surface area contributed by atoms with E-state index < -0.39 is 0 Å². The van der Waals surface area contributed by atoms with Crippen LogP contribution in [0.1, 0.15) is 12.8 Å². The Morgan fingerprint density at radius 2 is 2.00 bits per heavy atom. The molecule has 0 radical (unpaired) electrons. The van der Waals surface area contributed by atoms with Crippen LogP contribution in [-0.2, 0) is 0 Å². The summed E-state index contributed by atoms with van der Waals surface area (Å²) in [5, 5.41) is 6.92. The third-order valence-electron chi connectivity index (χ3n) is 3.69. The van der Waals surface area contributed by atoms with Crippen molar-refractivity contribution in [1.82, 2.24) is 5.32 Å². The van der Waals surface area contributed by atoms with E-state index in [9.17, 15) is 0 Å². The molecule has 1 fully saturated rings. The van der Waals surface area contributed by atoms with Gasteiger partial charge in [0.2, 0.25) is 0 Å². The van der Waals surface area contributed by atoms with Gasteiger partial charge in [0.1, 0.15) is 0 Å². The largest absolute Gasteiger partial charge is 0.382 e. The number of nitrogens with zero attached hydrogens (tertiary/aromatic N) is 1. The molecule has 0 saturated carbocycles. The molecule has 2 aliphatic heterocycles. The van der Waals surface area contributed by atoms with Crippen LogP contribution in [0.2, 0.25) is 0 Å². The predicted octanol–water partition coefficient (Wildman–Crippen LogP) is 2.43. The summed E-state index contributed by atoms with van der Waals surface area (Å²) >= 11 is 3.58. The van der Waals surface area contributed by atoms with E-state index in [1.807, 2.05) is 0 Å². The molecule has 3 rings (SSSR count). The maximum Gasteiger partial charge on any atom is 0.0616 e. The normalized spacial score (nSPS) is 20.9. The lowest BCUT2D eigenvalue weighted by Crippen LogP contribution is -2.47. The van der Waals surface area contributed by atoms with Crippen LogP contribution < -0.4 is 15.5 Å². The van der Waals surface area contributed by atoms with Crippen molar-refractivity contribution in [3.05, 3.63) is 22.7 Å². The van der Waals surface area contributed by atoms with Gasteiger partial charge in [-0.25, -0.2) is 0 Å². The van der Waals surface area contributed by atoms with Gasteiger partial charge in [-0.2, -0.15) is 0 Å². The summed E-state index contributed by atoms with van der Waals surface area (Å²) in [5.41, 5.74) is 2.63. The van der Waals surface area contributed by atoms with Crippen LogP contribution in [0.25, 0.3) is 0 Å². The van der Waals surface area contributed by atoms with Crippen LogP contribution in [-0.4, -0.2) is 32.2 Å². The Labute approximate surface area is 111 Å². The molecule has 92 valence electrons. The molecule has 0 unspecified atom stereocenters. The monoisotopic (exact) mass is 295 g/mol. The Balaban J connectivity index is 1.89. The van der Waals surface area contributed by atoms with Crippen molar-refractivity contribution in [2.24, 2.45) is 0 Å². The summed E-state index contributed by atoms with van der Waals surface area (Å²) in [4.78, 5) is 2.58. The highest BCUT2D eigenvalue weighted by molar-refractivity contribution is 9.10. The highest BCUT2D eigenvalue weighted by Gasteiger charge is 2.25. The number of hydrogen-bond donors (Lipinski definition) is 2.